The van der Waals surface area contributed by atoms with Crippen LogP contribution in [0.1, 0.15) is 11.1 Å². The summed E-state index contributed by atoms with van der Waals surface area (Å²) in [5, 5.41) is -1.71. The van der Waals surface area contributed by atoms with Gasteiger partial charge in [0.15, 0.2) is 0 Å². The third-order valence-corrected chi connectivity index (χ3v) is 4.40. The summed E-state index contributed by atoms with van der Waals surface area (Å²) < 4.78 is 65.7. The van der Waals surface area contributed by atoms with Gasteiger partial charge < -0.3 is 0 Å². The van der Waals surface area contributed by atoms with Crippen LogP contribution < -0.4 is 0 Å². The maximum atomic E-state index is 14.3. The summed E-state index contributed by atoms with van der Waals surface area (Å²) in [6, 6.07) is 14.0. The predicted molar refractivity (Wildman–Crippen MR) is 87.3 cm³/mol. The van der Waals surface area contributed by atoms with E-state index in [1.807, 2.05) is 0 Å². The Morgan fingerprint density at radius 2 is 1.58 bits per heavy atom. The lowest BCUT2D eigenvalue weighted by Gasteiger charge is -2.10. The van der Waals surface area contributed by atoms with Crippen molar-refractivity contribution < 1.29 is 21.8 Å². The average molecular weight is 354 g/mol. The zero-order chi connectivity index (χ0) is 17.7. The summed E-state index contributed by atoms with van der Waals surface area (Å²) in [5.74, 6) is 0. The maximum Gasteiger partial charge on any atom is 0.419 e. The van der Waals surface area contributed by atoms with E-state index in [4.69, 9.17) is 0 Å². The van der Waals surface area contributed by atoms with Gasteiger partial charge >= 0.3 is 6.18 Å². The van der Waals surface area contributed by atoms with Gasteiger partial charge in [0.1, 0.15) is 16.4 Å². The van der Waals surface area contributed by atoms with Gasteiger partial charge in [0, 0.05) is 4.90 Å². The van der Waals surface area contributed by atoms with Crippen LogP contribution in [0.25, 0.3) is 6.08 Å². The van der Waals surface area contributed by atoms with Crippen molar-refractivity contribution in [1.29, 1.82) is 0 Å². The lowest BCUT2D eigenvalue weighted by Crippen LogP contribution is -2.13. The van der Waals surface area contributed by atoms with Crippen molar-refractivity contribution in [2.24, 2.45) is 0 Å². The number of halogens is 4. The van der Waals surface area contributed by atoms with E-state index in [1.54, 1.807) is 49.4 Å². The average Bonchev–Trinajstić information content (AvgIpc) is 2.54. The molecule has 0 N–H and O–H groups in total. The molecule has 2 aromatic carbocycles. The molecule has 1 unspecified atom stereocenters. The first-order chi connectivity index (χ1) is 11.3. The molecule has 126 valence electrons. The van der Waals surface area contributed by atoms with Crippen LogP contribution in [0.15, 0.2) is 76.3 Å². The Hall–Kier alpha value is -2.21. The number of allylic oxidation sites excluding steroid dienone is 2. The first kappa shape index (κ1) is 18.1. The van der Waals surface area contributed by atoms with Crippen molar-refractivity contribution in [2.75, 3.05) is 0 Å². The fourth-order valence-electron chi connectivity index (χ4n) is 1.88. The Labute approximate surface area is 139 Å². The van der Waals surface area contributed by atoms with E-state index in [0.717, 1.165) is 11.6 Å². The van der Waals surface area contributed by atoms with Gasteiger partial charge in [-0.3, -0.25) is 0 Å². The van der Waals surface area contributed by atoms with E-state index >= 15 is 0 Å². The van der Waals surface area contributed by atoms with Crippen molar-refractivity contribution in [3.05, 3.63) is 82.5 Å². The highest BCUT2D eigenvalue weighted by atomic mass is 32.2. The number of aryl methyl sites for hydroxylation is 1. The molecule has 2 aromatic rings. The fraction of sp³-hybridized carbons (Fsp3) is 0.111. The zero-order valence-corrected chi connectivity index (χ0v) is 13.5. The van der Waals surface area contributed by atoms with Crippen LogP contribution in [0.5, 0.6) is 0 Å². The normalized spacial score (nSPS) is 14.5. The highest BCUT2D eigenvalue weighted by molar-refractivity contribution is 7.88. The second-order valence-electron chi connectivity index (χ2n) is 5.01. The van der Waals surface area contributed by atoms with Crippen LogP contribution in [-0.2, 0) is 10.8 Å². The Kier molecular flexibility index (Phi) is 5.72. The largest absolute Gasteiger partial charge is 0.419 e. The molecule has 0 fully saturated rings. The van der Waals surface area contributed by atoms with Crippen molar-refractivity contribution in [1.82, 2.24) is 0 Å². The predicted octanol–water partition coefficient (Wildman–Crippen LogP) is 5.56. The minimum Gasteiger partial charge on any atom is -0.247 e. The van der Waals surface area contributed by atoms with Crippen LogP contribution in [0.3, 0.4) is 0 Å². The Balaban J connectivity index is 2.41. The molecule has 2 rings (SSSR count). The molecule has 1 nitrogen and oxygen atoms in total. The van der Waals surface area contributed by atoms with Crippen LogP contribution in [0, 0.1) is 6.92 Å². The van der Waals surface area contributed by atoms with Gasteiger partial charge in [-0.05, 0) is 30.7 Å². The summed E-state index contributed by atoms with van der Waals surface area (Å²) in [6.07, 6.45) is -3.21. The Bertz CT molecular complexity index is 775. The van der Waals surface area contributed by atoms with Crippen LogP contribution in [0.2, 0.25) is 0 Å². The molecule has 0 saturated heterocycles. The van der Waals surface area contributed by atoms with E-state index in [2.05, 4.69) is 0 Å². The quantitative estimate of drug-likeness (QED) is 0.519. The van der Waals surface area contributed by atoms with Gasteiger partial charge in [-0.2, -0.15) is 17.6 Å². The van der Waals surface area contributed by atoms with Gasteiger partial charge in [0.05, 0.1) is 0 Å². The first-order valence-electron chi connectivity index (χ1n) is 6.97. The van der Waals surface area contributed by atoms with E-state index in [1.165, 1.54) is 12.1 Å². The van der Waals surface area contributed by atoms with Gasteiger partial charge in [-0.1, -0.05) is 54.1 Å². The molecule has 0 aliphatic rings. The molecule has 0 spiro atoms. The topological polar surface area (TPSA) is 17.1 Å². The monoisotopic (exact) mass is 354 g/mol. The van der Waals surface area contributed by atoms with Crippen molar-refractivity contribution in [3.63, 3.8) is 0 Å². The molecule has 0 heterocycles. The third kappa shape index (κ3) is 4.64. The summed E-state index contributed by atoms with van der Waals surface area (Å²) in [5.41, 5.74) is -0.237. The molecule has 0 aromatic heterocycles. The van der Waals surface area contributed by atoms with E-state index in [9.17, 15) is 21.8 Å². The molecule has 1 atom stereocenters. The van der Waals surface area contributed by atoms with Gasteiger partial charge in [-0.25, -0.2) is 4.21 Å². The lowest BCUT2D eigenvalue weighted by molar-refractivity contribution is -0.0893. The van der Waals surface area contributed by atoms with Crippen LogP contribution in [0.4, 0.5) is 17.6 Å². The third-order valence-electron chi connectivity index (χ3n) is 3.16. The number of alkyl halides is 3. The maximum absolute atomic E-state index is 14.3. The molecule has 24 heavy (non-hydrogen) atoms. The summed E-state index contributed by atoms with van der Waals surface area (Å²) >= 11 is 0. The second-order valence-corrected chi connectivity index (χ2v) is 6.38. The molecular weight excluding hydrogens is 340 g/mol. The zero-order valence-electron chi connectivity index (χ0n) is 12.7. The van der Waals surface area contributed by atoms with Crippen molar-refractivity contribution in [3.8, 4) is 0 Å². The van der Waals surface area contributed by atoms with Crippen molar-refractivity contribution in [2.45, 2.75) is 18.0 Å². The molecule has 0 radical (unpaired) electrons. The van der Waals surface area contributed by atoms with E-state index < -0.39 is 27.7 Å². The van der Waals surface area contributed by atoms with Gasteiger partial charge in [-0.15, -0.1) is 0 Å². The molecule has 6 heteroatoms. The summed E-state index contributed by atoms with van der Waals surface area (Å²) in [4.78, 5) is -0.0204. The van der Waals surface area contributed by atoms with Gasteiger partial charge in [0.25, 0.3) is 0 Å². The van der Waals surface area contributed by atoms with Crippen LogP contribution in [-0.4, -0.2) is 10.4 Å². The number of hydrogen-bond donors (Lipinski definition) is 0. The Morgan fingerprint density at radius 3 is 2.12 bits per heavy atom. The molecule has 0 bridgehead atoms. The minimum atomic E-state index is -4.95. The first-order valence-corrected chi connectivity index (χ1v) is 8.12. The molecule has 0 aliphatic heterocycles. The molecule has 0 aliphatic carbocycles. The summed E-state index contributed by atoms with van der Waals surface area (Å²) in [6.45, 7) is 1.77. The lowest BCUT2D eigenvalue weighted by atomic mass is 10.1. The van der Waals surface area contributed by atoms with Crippen LogP contribution >= 0.6 is 0 Å². The van der Waals surface area contributed by atoms with E-state index in [-0.39, 0.29) is 4.90 Å². The smallest absolute Gasteiger partial charge is 0.247 e. The highest BCUT2D eigenvalue weighted by Gasteiger charge is 2.37. The Morgan fingerprint density at radius 1 is 1.00 bits per heavy atom. The number of rotatable bonds is 4. The van der Waals surface area contributed by atoms with Crippen molar-refractivity contribution >= 4 is 16.9 Å². The summed E-state index contributed by atoms with van der Waals surface area (Å²) in [7, 11) is -2.53. The highest BCUT2D eigenvalue weighted by Crippen LogP contribution is 2.33. The van der Waals surface area contributed by atoms with Gasteiger partial charge in [0.2, 0.25) is 5.16 Å². The standard InChI is InChI=1S/C18H14F4OS/c1-13-7-10-15(11-8-13)24(23)17(19)16(18(20,21)22)12-9-14-5-3-2-4-6-14/h2-12H,1H3/b12-9+,17-16+. The molecule has 0 amide bonds. The SMILES string of the molecule is Cc1ccc(S(=O)/C(F)=C(\C=C\c2ccccc2)C(F)(F)F)cc1. The fourth-order valence-corrected chi connectivity index (χ4v) is 2.85. The minimum absolute atomic E-state index is 0.0204. The second kappa shape index (κ2) is 7.57. The number of hydrogen-bond acceptors (Lipinski definition) is 1. The molecular formula is C18H14F4OS. The van der Waals surface area contributed by atoms with E-state index in [0.29, 0.717) is 11.6 Å². The number of benzene rings is 2. The molecule has 0 saturated carbocycles.